The number of aromatic hydroxyl groups is 1. The molecule has 0 aromatic heterocycles. The van der Waals surface area contributed by atoms with E-state index < -0.39 is 35.6 Å². The molecular weight excluding hydrogens is 595 g/mol. The number of phenolic OH excluding ortho intramolecular Hbond substituents is 1. The van der Waals surface area contributed by atoms with Crippen LogP contribution in [0.4, 0.5) is 8.78 Å². The monoisotopic (exact) mass is 623 g/mol. The molecule has 7 nitrogen and oxygen atoms in total. The fourth-order valence-electron chi connectivity index (χ4n) is 3.79. The van der Waals surface area contributed by atoms with Gasteiger partial charge in [0.25, 0.3) is 11.8 Å². The van der Waals surface area contributed by atoms with Crippen molar-refractivity contribution in [1.82, 2.24) is 16.0 Å². The van der Waals surface area contributed by atoms with Gasteiger partial charge in [-0.3, -0.25) is 9.59 Å². The summed E-state index contributed by atoms with van der Waals surface area (Å²) in [7, 11) is 0. The largest absolute Gasteiger partial charge is 0.507 e. The van der Waals surface area contributed by atoms with Crippen molar-refractivity contribution in [3.8, 4) is 5.75 Å². The number of halogens is 3. The van der Waals surface area contributed by atoms with Gasteiger partial charge in [-0.1, -0.05) is 12.1 Å². The Bertz CT molecular complexity index is 1240. The molecule has 0 unspecified atom stereocenters. The second kappa shape index (κ2) is 13.5. The van der Waals surface area contributed by atoms with Crippen LogP contribution in [0.1, 0.15) is 38.8 Å². The number of nitrogens with one attached hydrogen (secondary N) is 3. The SMILES string of the molecule is CCNC(=O)c1cc(C(=O)N[C@@H](Cc2cc(F)cc(F)c2)[C@H](O)CNCc2cccc(I)c2)ccc1O. The molecular formula is C27H28F2IN3O4. The Balaban J connectivity index is 1.77. The van der Waals surface area contributed by atoms with Gasteiger partial charge in [-0.25, -0.2) is 8.78 Å². The summed E-state index contributed by atoms with van der Waals surface area (Å²) >= 11 is 2.20. The number of hydrogen-bond donors (Lipinski definition) is 5. The maximum absolute atomic E-state index is 13.8. The molecule has 0 aliphatic rings. The average Bonchev–Trinajstić information content (AvgIpc) is 2.83. The summed E-state index contributed by atoms with van der Waals surface area (Å²) in [6, 6.07) is 13.7. The van der Waals surface area contributed by atoms with E-state index in [4.69, 9.17) is 0 Å². The molecule has 3 aromatic carbocycles. The van der Waals surface area contributed by atoms with Crippen LogP contribution in [0.25, 0.3) is 0 Å². The molecule has 2 amide bonds. The van der Waals surface area contributed by atoms with Gasteiger partial charge in [0.1, 0.15) is 17.4 Å². The standard InChI is InChI=1S/C27H28F2IN3O4/c1-2-32-27(37)22-12-18(6-7-24(22)34)26(36)33-23(11-17-8-19(28)13-20(29)9-17)25(35)15-31-14-16-4-3-5-21(30)10-16/h3-10,12-13,23,25,31,34-35H,2,11,14-15H2,1H3,(H,32,37)(H,33,36)/t23-,25+/m0/s1. The zero-order valence-electron chi connectivity index (χ0n) is 20.1. The van der Waals surface area contributed by atoms with Crippen LogP contribution in [-0.2, 0) is 13.0 Å². The lowest BCUT2D eigenvalue weighted by Crippen LogP contribution is -2.48. The van der Waals surface area contributed by atoms with Crippen LogP contribution in [0.15, 0.2) is 60.7 Å². The van der Waals surface area contributed by atoms with Gasteiger partial charge in [0.2, 0.25) is 0 Å². The number of aliphatic hydroxyl groups excluding tert-OH is 1. The molecule has 0 aliphatic heterocycles. The quantitative estimate of drug-likeness (QED) is 0.210. The van der Waals surface area contributed by atoms with Crippen molar-refractivity contribution < 1.29 is 28.6 Å². The maximum atomic E-state index is 13.8. The molecule has 0 spiro atoms. The minimum Gasteiger partial charge on any atom is -0.507 e. The first-order chi connectivity index (χ1) is 17.7. The third-order valence-electron chi connectivity index (χ3n) is 5.57. The van der Waals surface area contributed by atoms with Gasteiger partial charge in [-0.05, 0) is 89.5 Å². The molecule has 0 aliphatic carbocycles. The Morgan fingerprint density at radius 3 is 2.38 bits per heavy atom. The van der Waals surface area contributed by atoms with E-state index in [1.165, 1.54) is 18.2 Å². The maximum Gasteiger partial charge on any atom is 0.255 e. The number of benzene rings is 3. The Kier molecular flexibility index (Phi) is 10.4. The number of phenols is 1. The van der Waals surface area contributed by atoms with Crippen molar-refractivity contribution in [3.63, 3.8) is 0 Å². The van der Waals surface area contributed by atoms with E-state index >= 15 is 0 Å². The molecule has 10 heteroatoms. The lowest BCUT2D eigenvalue weighted by Gasteiger charge is -2.25. The Morgan fingerprint density at radius 1 is 0.973 bits per heavy atom. The van der Waals surface area contributed by atoms with Crippen molar-refractivity contribution in [2.45, 2.75) is 32.0 Å². The van der Waals surface area contributed by atoms with Crippen LogP contribution < -0.4 is 16.0 Å². The molecule has 0 heterocycles. The Hall–Kier alpha value is -3.09. The number of carbonyl (C=O) groups excluding carboxylic acids is 2. The Labute approximate surface area is 227 Å². The van der Waals surface area contributed by atoms with E-state index in [0.717, 1.165) is 27.3 Å². The van der Waals surface area contributed by atoms with Gasteiger partial charge in [0, 0.05) is 34.8 Å². The summed E-state index contributed by atoms with van der Waals surface area (Å²) in [6.45, 7) is 2.62. The predicted molar refractivity (Wildman–Crippen MR) is 144 cm³/mol. The molecule has 2 atom stereocenters. The van der Waals surface area contributed by atoms with Gasteiger partial charge in [0.15, 0.2) is 0 Å². The van der Waals surface area contributed by atoms with Crippen molar-refractivity contribution in [2.24, 2.45) is 0 Å². The van der Waals surface area contributed by atoms with Crippen LogP contribution in [-0.4, -0.2) is 47.3 Å². The van der Waals surface area contributed by atoms with Crippen LogP contribution in [0.5, 0.6) is 5.75 Å². The fraction of sp³-hybridized carbons (Fsp3) is 0.259. The highest BCUT2D eigenvalue weighted by molar-refractivity contribution is 14.1. The molecule has 3 aromatic rings. The topological polar surface area (TPSA) is 111 Å². The normalized spacial score (nSPS) is 12.6. The van der Waals surface area contributed by atoms with E-state index in [-0.39, 0.29) is 35.4 Å². The van der Waals surface area contributed by atoms with Gasteiger partial charge in [0.05, 0.1) is 17.7 Å². The van der Waals surface area contributed by atoms with Crippen molar-refractivity contribution >= 4 is 34.4 Å². The zero-order valence-corrected chi connectivity index (χ0v) is 22.3. The molecule has 37 heavy (non-hydrogen) atoms. The van der Waals surface area contributed by atoms with Gasteiger partial charge in [-0.15, -0.1) is 0 Å². The van der Waals surface area contributed by atoms with Crippen LogP contribution >= 0.6 is 22.6 Å². The first-order valence-corrected chi connectivity index (χ1v) is 12.7. The second-order valence-electron chi connectivity index (χ2n) is 8.48. The number of rotatable bonds is 11. The molecule has 5 N–H and O–H groups in total. The zero-order chi connectivity index (χ0) is 26.9. The number of carbonyl (C=O) groups is 2. The summed E-state index contributed by atoms with van der Waals surface area (Å²) in [6.07, 6.45) is -1.16. The van der Waals surface area contributed by atoms with Crippen LogP contribution in [0.2, 0.25) is 0 Å². The van der Waals surface area contributed by atoms with Crippen molar-refractivity contribution in [2.75, 3.05) is 13.1 Å². The molecule has 0 radical (unpaired) electrons. The lowest BCUT2D eigenvalue weighted by molar-refractivity contribution is 0.0830. The summed E-state index contributed by atoms with van der Waals surface area (Å²) in [4.78, 5) is 25.3. The fourth-order valence-corrected chi connectivity index (χ4v) is 4.39. The first-order valence-electron chi connectivity index (χ1n) is 11.7. The summed E-state index contributed by atoms with van der Waals surface area (Å²) in [5.74, 6) is -2.98. The molecule has 0 saturated carbocycles. The van der Waals surface area contributed by atoms with E-state index in [1.54, 1.807) is 6.92 Å². The summed E-state index contributed by atoms with van der Waals surface area (Å²) in [5.41, 5.74) is 1.27. The van der Waals surface area contributed by atoms with Gasteiger partial charge >= 0.3 is 0 Å². The van der Waals surface area contributed by atoms with E-state index in [2.05, 4.69) is 38.5 Å². The smallest absolute Gasteiger partial charge is 0.255 e. The highest BCUT2D eigenvalue weighted by Crippen LogP contribution is 2.19. The number of aliphatic hydroxyl groups is 1. The average molecular weight is 623 g/mol. The van der Waals surface area contributed by atoms with E-state index in [1.807, 2.05) is 24.3 Å². The molecule has 196 valence electrons. The lowest BCUT2D eigenvalue weighted by atomic mass is 9.99. The third-order valence-corrected chi connectivity index (χ3v) is 6.24. The minimum absolute atomic E-state index is 0.0479. The molecule has 0 fully saturated rings. The number of amides is 2. The highest BCUT2D eigenvalue weighted by atomic mass is 127. The van der Waals surface area contributed by atoms with E-state index in [9.17, 15) is 28.6 Å². The minimum atomic E-state index is -1.11. The molecule has 3 rings (SSSR count). The van der Waals surface area contributed by atoms with Crippen molar-refractivity contribution in [1.29, 1.82) is 0 Å². The van der Waals surface area contributed by atoms with Gasteiger partial charge in [-0.2, -0.15) is 0 Å². The Morgan fingerprint density at radius 2 is 1.70 bits per heavy atom. The van der Waals surface area contributed by atoms with E-state index in [0.29, 0.717) is 13.1 Å². The first kappa shape index (κ1) is 28.5. The summed E-state index contributed by atoms with van der Waals surface area (Å²) in [5, 5.41) is 29.4. The van der Waals surface area contributed by atoms with Crippen LogP contribution in [0, 0.1) is 15.2 Å². The second-order valence-corrected chi connectivity index (χ2v) is 9.73. The van der Waals surface area contributed by atoms with Gasteiger partial charge < -0.3 is 26.2 Å². The number of hydrogen-bond acceptors (Lipinski definition) is 5. The summed E-state index contributed by atoms with van der Waals surface area (Å²) < 4.78 is 28.6. The molecule has 0 bridgehead atoms. The molecule has 0 saturated heterocycles. The van der Waals surface area contributed by atoms with Crippen LogP contribution in [0.3, 0.4) is 0 Å². The highest BCUT2D eigenvalue weighted by Gasteiger charge is 2.24. The predicted octanol–water partition coefficient (Wildman–Crippen LogP) is 3.52. The third kappa shape index (κ3) is 8.48. The van der Waals surface area contributed by atoms with Crippen molar-refractivity contribution in [3.05, 3.63) is 98.1 Å².